The Bertz CT molecular complexity index is 5790. The second-order valence-corrected chi connectivity index (χ2v) is 24.3. The van der Waals surface area contributed by atoms with Crippen LogP contribution in [0.25, 0.3) is 132 Å². The Hall–Kier alpha value is -12.8. The van der Waals surface area contributed by atoms with E-state index >= 15 is 0 Å². The van der Waals surface area contributed by atoms with Crippen LogP contribution in [0.4, 0.5) is 34.1 Å². The lowest BCUT2D eigenvalue weighted by molar-refractivity contribution is 0.670. The van der Waals surface area contributed by atoms with Crippen LogP contribution in [0.5, 0.6) is 0 Å². The van der Waals surface area contributed by atoms with Crippen molar-refractivity contribution in [1.29, 1.82) is 0 Å². The average molecular weight is 1230 g/mol. The van der Waals surface area contributed by atoms with Crippen molar-refractivity contribution in [3.05, 3.63) is 376 Å². The summed E-state index contributed by atoms with van der Waals surface area (Å²) in [6.45, 7) is 0. The second kappa shape index (κ2) is 25.0. The highest BCUT2D eigenvalue weighted by molar-refractivity contribution is 6.15. The van der Waals surface area contributed by atoms with Gasteiger partial charge in [-0.2, -0.15) is 0 Å². The highest BCUT2D eigenvalue weighted by Gasteiger charge is 2.22. The Morgan fingerprint density at radius 2 is 0.427 bits per heavy atom. The van der Waals surface area contributed by atoms with Crippen LogP contribution in [0.2, 0.25) is 0 Å². The van der Waals surface area contributed by atoms with E-state index in [1.54, 1.807) is 0 Å². The summed E-state index contributed by atoms with van der Waals surface area (Å²) < 4.78 is 13.5. The molecule has 0 saturated heterocycles. The average Bonchev–Trinajstić information content (AvgIpc) is 1.58. The number of rotatable bonds is 12. The molecule has 0 fully saturated rings. The van der Waals surface area contributed by atoms with E-state index in [0.717, 1.165) is 123 Å². The smallest absolute Gasteiger partial charge is 0.143 e. The fraction of sp³-hybridized carbons (Fsp3) is 0. The van der Waals surface area contributed by atoms with Gasteiger partial charge in [0.05, 0.1) is 11.4 Å². The van der Waals surface area contributed by atoms with Gasteiger partial charge in [-0.3, -0.25) is 0 Å². The molecular formula is C92H62N2O2. The van der Waals surface area contributed by atoms with Crippen molar-refractivity contribution in [2.45, 2.75) is 0 Å². The number of hydrogen-bond donors (Lipinski definition) is 0. The van der Waals surface area contributed by atoms with E-state index < -0.39 is 0 Å². The first-order valence-corrected chi connectivity index (χ1v) is 32.7. The normalized spacial score (nSPS) is 11.3. The van der Waals surface area contributed by atoms with Crippen molar-refractivity contribution >= 4 is 99.5 Å². The van der Waals surface area contributed by atoms with Crippen LogP contribution >= 0.6 is 0 Å². The molecule has 18 rings (SSSR count). The Morgan fingerprint density at radius 1 is 0.167 bits per heavy atom. The minimum Gasteiger partial charge on any atom is -0.455 e. The van der Waals surface area contributed by atoms with E-state index in [9.17, 15) is 0 Å². The lowest BCUT2D eigenvalue weighted by Crippen LogP contribution is -2.10. The first-order chi connectivity index (χ1) is 47.6. The summed E-state index contributed by atoms with van der Waals surface area (Å²) in [5.41, 5.74) is 24.0. The molecule has 0 spiro atoms. The minimum absolute atomic E-state index is 0.900. The molecule has 0 saturated carbocycles. The van der Waals surface area contributed by atoms with Crippen LogP contribution in [-0.2, 0) is 0 Å². The molecule has 0 radical (unpaired) electrons. The van der Waals surface area contributed by atoms with Crippen LogP contribution < -0.4 is 9.80 Å². The molecule has 0 aliphatic rings. The van der Waals surface area contributed by atoms with Gasteiger partial charge in [0.15, 0.2) is 0 Å². The maximum Gasteiger partial charge on any atom is 0.143 e. The molecule has 2 heterocycles. The van der Waals surface area contributed by atoms with Crippen molar-refractivity contribution in [3.8, 4) is 66.8 Å². The second-order valence-electron chi connectivity index (χ2n) is 24.3. The molecule has 0 aliphatic heterocycles. The SMILES string of the molecule is c1ccc(-c2ccc(N(c3ccc(-c4cccc5c4oc4c(-c6ccccc6)cccc45)cc3)c3cccc4ccccc34)cc2)cc1.c1ccc(-c2ccc(N(c3cccc(-c4cccc5c4oc4c(-c6ccccc6)cccc45)c3)c3cccc4ccccc34)cc2)cc1. The number of para-hydroxylation sites is 4. The number of benzene rings is 16. The third-order valence-corrected chi connectivity index (χ3v) is 18.6. The zero-order valence-corrected chi connectivity index (χ0v) is 52.5. The topological polar surface area (TPSA) is 32.8 Å². The van der Waals surface area contributed by atoms with Gasteiger partial charge in [0.25, 0.3) is 0 Å². The quantitative estimate of drug-likeness (QED) is 0.122. The Balaban J connectivity index is 0.000000145. The molecule has 0 amide bonds. The van der Waals surface area contributed by atoms with Gasteiger partial charge < -0.3 is 18.6 Å². The standard InChI is InChI=1S/2C46H31NO/c1-3-13-32(14-4-1)33-27-29-37(30-28-33)47(44-26-10-18-34-17-7-8-21-39(34)44)38-20-9-19-36(31-38)41-23-12-25-43-42-24-11-22-40(45(42)48-46(41)43)35-15-5-2-6-16-35;1-3-12-32(13-4-1)33-24-28-37(29-25-33)47(44-23-9-17-34-16-7-8-18-39(34)44)38-30-26-36(27-31-38)41-20-11-22-43-42-21-10-19-40(45(42)48-46(41)43)35-14-5-2-6-15-35/h2*1-31H. The Labute approximate surface area is 557 Å². The van der Waals surface area contributed by atoms with Crippen LogP contribution in [0.1, 0.15) is 0 Å². The molecule has 4 heteroatoms. The van der Waals surface area contributed by atoms with Gasteiger partial charge in [-0.15, -0.1) is 0 Å². The van der Waals surface area contributed by atoms with E-state index in [4.69, 9.17) is 8.83 Å². The van der Waals surface area contributed by atoms with Crippen LogP contribution in [0, 0.1) is 0 Å². The van der Waals surface area contributed by atoms with E-state index in [2.05, 4.69) is 374 Å². The molecule has 4 nitrogen and oxygen atoms in total. The number of anilines is 6. The van der Waals surface area contributed by atoms with Crippen LogP contribution in [0.3, 0.4) is 0 Å². The minimum atomic E-state index is 0.900. The number of fused-ring (bicyclic) bond motifs is 8. The molecular weight excluding hydrogens is 1170 g/mol. The van der Waals surface area contributed by atoms with Crippen molar-refractivity contribution in [2.75, 3.05) is 9.80 Å². The number of nitrogens with zero attached hydrogens (tertiary/aromatic N) is 2. The monoisotopic (exact) mass is 1230 g/mol. The first kappa shape index (κ1) is 57.2. The van der Waals surface area contributed by atoms with Gasteiger partial charge >= 0.3 is 0 Å². The van der Waals surface area contributed by atoms with Gasteiger partial charge in [0.1, 0.15) is 22.3 Å². The van der Waals surface area contributed by atoms with Crippen LogP contribution in [0.15, 0.2) is 385 Å². The predicted molar refractivity (Wildman–Crippen MR) is 404 cm³/mol. The lowest BCUT2D eigenvalue weighted by Gasteiger charge is -2.27. The van der Waals surface area contributed by atoms with Crippen molar-refractivity contribution in [2.24, 2.45) is 0 Å². The maximum absolute atomic E-state index is 6.79. The molecule has 18 aromatic rings. The molecule has 96 heavy (non-hydrogen) atoms. The largest absolute Gasteiger partial charge is 0.455 e. The van der Waals surface area contributed by atoms with Crippen LogP contribution in [-0.4, -0.2) is 0 Å². The number of hydrogen-bond acceptors (Lipinski definition) is 4. The summed E-state index contributed by atoms with van der Waals surface area (Å²) in [5.74, 6) is 0. The van der Waals surface area contributed by atoms with Gasteiger partial charge in [-0.25, -0.2) is 0 Å². The Kier molecular flexibility index (Phi) is 14.9. The van der Waals surface area contributed by atoms with Crippen molar-refractivity contribution in [3.63, 3.8) is 0 Å². The zero-order chi connectivity index (χ0) is 63.7. The summed E-state index contributed by atoms with van der Waals surface area (Å²) in [5, 5.41) is 9.32. The van der Waals surface area contributed by atoms with E-state index in [-0.39, 0.29) is 0 Å². The summed E-state index contributed by atoms with van der Waals surface area (Å²) in [6.07, 6.45) is 0. The molecule has 452 valence electrons. The fourth-order valence-corrected chi connectivity index (χ4v) is 13.9. The van der Waals surface area contributed by atoms with Crippen molar-refractivity contribution in [1.82, 2.24) is 0 Å². The van der Waals surface area contributed by atoms with E-state index in [1.807, 2.05) is 12.1 Å². The third kappa shape index (κ3) is 10.7. The van der Waals surface area contributed by atoms with Gasteiger partial charge in [0.2, 0.25) is 0 Å². The molecule has 16 aromatic carbocycles. The zero-order valence-electron chi connectivity index (χ0n) is 52.5. The highest BCUT2D eigenvalue weighted by atomic mass is 16.3. The first-order valence-electron chi connectivity index (χ1n) is 32.7. The summed E-state index contributed by atoms with van der Waals surface area (Å²) in [4.78, 5) is 4.72. The highest BCUT2D eigenvalue weighted by Crippen LogP contribution is 2.46. The maximum atomic E-state index is 6.79. The molecule has 2 aromatic heterocycles. The predicted octanol–water partition coefficient (Wildman–Crippen LogP) is 26.4. The molecule has 0 N–H and O–H groups in total. The summed E-state index contributed by atoms with van der Waals surface area (Å²) in [6, 6.07) is 133. The third-order valence-electron chi connectivity index (χ3n) is 18.6. The fourth-order valence-electron chi connectivity index (χ4n) is 13.9. The summed E-state index contributed by atoms with van der Waals surface area (Å²) in [7, 11) is 0. The molecule has 0 bridgehead atoms. The lowest BCUT2D eigenvalue weighted by atomic mass is 9.99. The van der Waals surface area contributed by atoms with Gasteiger partial charge in [-0.1, -0.05) is 315 Å². The van der Waals surface area contributed by atoms with Gasteiger partial charge in [-0.05, 0) is 116 Å². The molecule has 0 aliphatic carbocycles. The van der Waals surface area contributed by atoms with E-state index in [0.29, 0.717) is 0 Å². The number of furan rings is 2. The Morgan fingerprint density at radius 3 is 0.823 bits per heavy atom. The molecule has 0 unspecified atom stereocenters. The molecule has 0 atom stereocenters. The van der Waals surface area contributed by atoms with Crippen molar-refractivity contribution < 1.29 is 8.83 Å². The van der Waals surface area contributed by atoms with Gasteiger partial charge in [0, 0.05) is 77.3 Å². The van der Waals surface area contributed by atoms with E-state index in [1.165, 1.54) is 43.8 Å². The summed E-state index contributed by atoms with van der Waals surface area (Å²) >= 11 is 0.